The van der Waals surface area contributed by atoms with E-state index in [0.29, 0.717) is 21.9 Å². The first-order chi connectivity index (χ1) is 13.3. The molecular formula is C25H16O2. The molecule has 2 heteroatoms. The molecule has 1 heterocycles. The lowest BCUT2D eigenvalue weighted by Crippen LogP contribution is -2.02. The number of rotatable bonds is 2. The van der Waals surface area contributed by atoms with Gasteiger partial charge in [-0.25, -0.2) is 0 Å². The monoisotopic (exact) mass is 348 g/mol. The van der Waals surface area contributed by atoms with Gasteiger partial charge in [0.05, 0.1) is 10.8 Å². The number of hydrogen-bond acceptors (Lipinski definition) is 2. The summed E-state index contributed by atoms with van der Waals surface area (Å²) in [6.07, 6.45) is 0. The predicted octanol–water partition coefficient (Wildman–Crippen LogP) is 6.28. The molecule has 0 bridgehead atoms. The molecule has 5 aromatic rings. The normalized spacial score (nSPS) is 11.1. The van der Waals surface area contributed by atoms with Crippen LogP contribution in [0.5, 0.6) is 0 Å². The van der Waals surface area contributed by atoms with Gasteiger partial charge in [-0.1, -0.05) is 72.8 Å². The van der Waals surface area contributed by atoms with Gasteiger partial charge in [-0.2, -0.15) is 0 Å². The van der Waals surface area contributed by atoms with Gasteiger partial charge in [-0.05, 0) is 46.5 Å². The summed E-state index contributed by atoms with van der Waals surface area (Å²) in [6, 6.07) is 31.7. The molecule has 0 aliphatic rings. The van der Waals surface area contributed by atoms with Crippen LogP contribution in [0.2, 0.25) is 0 Å². The highest BCUT2D eigenvalue weighted by atomic mass is 16.3. The Kier molecular flexibility index (Phi) is 3.61. The van der Waals surface area contributed by atoms with Crippen molar-refractivity contribution in [3.05, 3.63) is 107 Å². The first-order valence-electron chi connectivity index (χ1n) is 8.91. The second kappa shape index (κ2) is 6.26. The molecule has 1 aromatic heterocycles. The van der Waals surface area contributed by atoms with E-state index in [0.717, 1.165) is 22.3 Å². The molecule has 0 unspecified atom stereocenters. The van der Waals surface area contributed by atoms with Gasteiger partial charge in [-0.3, -0.25) is 4.79 Å². The van der Waals surface area contributed by atoms with Crippen molar-refractivity contribution in [1.29, 1.82) is 0 Å². The predicted molar refractivity (Wildman–Crippen MR) is 111 cm³/mol. The molecule has 4 aromatic carbocycles. The highest BCUT2D eigenvalue weighted by Crippen LogP contribution is 2.28. The third-order valence-corrected chi connectivity index (χ3v) is 4.89. The van der Waals surface area contributed by atoms with Crippen molar-refractivity contribution in [2.24, 2.45) is 0 Å². The largest absolute Gasteiger partial charge is 0.456 e. The molecule has 27 heavy (non-hydrogen) atoms. The molecule has 0 N–H and O–H groups in total. The van der Waals surface area contributed by atoms with Gasteiger partial charge in [-0.15, -0.1) is 0 Å². The molecule has 0 spiro atoms. The van der Waals surface area contributed by atoms with E-state index in [9.17, 15) is 4.79 Å². The fourth-order valence-electron chi connectivity index (χ4n) is 3.47. The zero-order valence-corrected chi connectivity index (χ0v) is 14.6. The maximum atomic E-state index is 12.9. The van der Waals surface area contributed by atoms with Crippen molar-refractivity contribution < 1.29 is 4.42 Å². The van der Waals surface area contributed by atoms with Crippen LogP contribution in [-0.4, -0.2) is 0 Å². The summed E-state index contributed by atoms with van der Waals surface area (Å²) in [5.74, 6) is 0. The van der Waals surface area contributed by atoms with Crippen molar-refractivity contribution in [2.45, 2.75) is 0 Å². The van der Waals surface area contributed by atoms with E-state index in [4.69, 9.17) is 4.42 Å². The van der Waals surface area contributed by atoms with Crippen molar-refractivity contribution in [3.63, 3.8) is 0 Å². The van der Waals surface area contributed by atoms with Gasteiger partial charge in [0.25, 0.3) is 0 Å². The van der Waals surface area contributed by atoms with Crippen LogP contribution in [0.15, 0.2) is 106 Å². The van der Waals surface area contributed by atoms with Crippen LogP contribution >= 0.6 is 0 Å². The lowest BCUT2D eigenvalue weighted by atomic mass is 10.0. The topological polar surface area (TPSA) is 30.2 Å². The SMILES string of the molecule is O=c1c2ccc(-c3ccccc3)cc2oc2cc(-c3ccccc3)ccc12. The Labute approximate surface area is 156 Å². The first-order valence-corrected chi connectivity index (χ1v) is 8.91. The molecule has 0 aliphatic carbocycles. The Hall–Kier alpha value is -3.65. The van der Waals surface area contributed by atoms with E-state index in [-0.39, 0.29) is 5.43 Å². The Morgan fingerprint density at radius 2 is 0.926 bits per heavy atom. The van der Waals surface area contributed by atoms with Crippen molar-refractivity contribution in [1.82, 2.24) is 0 Å². The minimum Gasteiger partial charge on any atom is -0.456 e. The van der Waals surface area contributed by atoms with Gasteiger partial charge < -0.3 is 4.42 Å². The highest BCUT2D eigenvalue weighted by molar-refractivity contribution is 5.93. The summed E-state index contributed by atoms with van der Waals surface area (Å²) in [5, 5.41) is 1.21. The van der Waals surface area contributed by atoms with Crippen LogP contribution in [0, 0.1) is 0 Å². The van der Waals surface area contributed by atoms with E-state index >= 15 is 0 Å². The summed E-state index contributed by atoms with van der Waals surface area (Å²) < 4.78 is 6.15. The average molecular weight is 348 g/mol. The van der Waals surface area contributed by atoms with Crippen LogP contribution in [0.3, 0.4) is 0 Å². The zero-order chi connectivity index (χ0) is 18.2. The standard InChI is InChI=1S/C25H16O2/c26-25-21-13-11-19(17-7-3-1-4-8-17)15-23(21)27-24-16-20(12-14-22(24)25)18-9-5-2-6-10-18/h1-16H. The number of hydrogen-bond donors (Lipinski definition) is 0. The third-order valence-electron chi connectivity index (χ3n) is 4.89. The summed E-state index contributed by atoms with van der Waals surface area (Å²) in [4.78, 5) is 12.9. The second-order valence-corrected chi connectivity index (χ2v) is 6.59. The number of fused-ring (bicyclic) bond motifs is 2. The Bertz CT molecular complexity index is 1220. The molecule has 2 nitrogen and oxygen atoms in total. The summed E-state index contributed by atoms with van der Waals surface area (Å²) in [7, 11) is 0. The molecule has 0 saturated heterocycles. The number of benzene rings is 4. The van der Waals surface area contributed by atoms with E-state index in [1.807, 2.05) is 97.1 Å². The minimum absolute atomic E-state index is 0.00507. The molecule has 0 saturated carbocycles. The van der Waals surface area contributed by atoms with Gasteiger partial charge in [0.1, 0.15) is 11.2 Å². The van der Waals surface area contributed by atoms with Crippen LogP contribution < -0.4 is 5.43 Å². The van der Waals surface area contributed by atoms with Crippen molar-refractivity contribution >= 4 is 21.9 Å². The first kappa shape index (κ1) is 15.6. The quantitative estimate of drug-likeness (QED) is 0.351. The zero-order valence-electron chi connectivity index (χ0n) is 14.6. The Morgan fingerprint density at radius 1 is 0.481 bits per heavy atom. The van der Waals surface area contributed by atoms with E-state index in [1.165, 1.54) is 0 Å². The van der Waals surface area contributed by atoms with Crippen LogP contribution in [-0.2, 0) is 0 Å². The average Bonchev–Trinajstić information content (AvgIpc) is 2.74. The Morgan fingerprint density at radius 3 is 1.37 bits per heavy atom. The molecule has 0 amide bonds. The van der Waals surface area contributed by atoms with Crippen LogP contribution in [0.1, 0.15) is 0 Å². The molecule has 5 rings (SSSR count). The van der Waals surface area contributed by atoms with Gasteiger partial charge in [0.2, 0.25) is 5.43 Å². The summed E-state index contributed by atoms with van der Waals surface area (Å²) >= 11 is 0. The van der Waals surface area contributed by atoms with Crippen LogP contribution in [0.25, 0.3) is 44.2 Å². The van der Waals surface area contributed by atoms with Crippen LogP contribution in [0.4, 0.5) is 0 Å². The third kappa shape index (κ3) is 2.72. The smallest absolute Gasteiger partial charge is 0.200 e. The van der Waals surface area contributed by atoms with Gasteiger partial charge in [0.15, 0.2) is 0 Å². The van der Waals surface area contributed by atoms with Crippen molar-refractivity contribution in [2.75, 3.05) is 0 Å². The molecule has 128 valence electrons. The van der Waals surface area contributed by atoms with Gasteiger partial charge >= 0.3 is 0 Å². The molecule has 0 atom stereocenters. The highest BCUT2D eigenvalue weighted by Gasteiger charge is 2.10. The van der Waals surface area contributed by atoms with E-state index in [1.54, 1.807) is 0 Å². The maximum Gasteiger partial charge on any atom is 0.200 e. The Balaban J connectivity index is 1.74. The van der Waals surface area contributed by atoms with Crippen molar-refractivity contribution in [3.8, 4) is 22.3 Å². The molecule has 0 radical (unpaired) electrons. The van der Waals surface area contributed by atoms with E-state index < -0.39 is 0 Å². The lowest BCUT2D eigenvalue weighted by Gasteiger charge is -2.07. The molecule has 0 aliphatic heterocycles. The molecular weight excluding hydrogens is 332 g/mol. The maximum absolute atomic E-state index is 12.9. The minimum atomic E-state index is 0.00507. The fraction of sp³-hybridized carbons (Fsp3) is 0. The lowest BCUT2D eigenvalue weighted by molar-refractivity contribution is 0.660. The fourth-order valence-corrected chi connectivity index (χ4v) is 3.47. The molecule has 0 fully saturated rings. The second-order valence-electron chi connectivity index (χ2n) is 6.59. The van der Waals surface area contributed by atoms with E-state index in [2.05, 4.69) is 0 Å². The summed E-state index contributed by atoms with van der Waals surface area (Å²) in [6.45, 7) is 0. The summed E-state index contributed by atoms with van der Waals surface area (Å²) in [5.41, 5.74) is 5.48. The van der Waals surface area contributed by atoms with Gasteiger partial charge in [0, 0.05) is 0 Å².